The number of hydrogen-bond acceptors (Lipinski definition) is 6. The molecule has 2 aromatic carbocycles. The lowest BCUT2D eigenvalue weighted by atomic mass is 10.1. The normalized spacial score (nSPS) is 19.3. The van der Waals surface area contributed by atoms with Crippen molar-refractivity contribution in [3.8, 4) is 5.75 Å². The third-order valence-corrected chi connectivity index (χ3v) is 7.81. The first-order valence-electron chi connectivity index (χ1n) is 11.4. The number of carbonyl (C=O) groups is 2. The number of ether oxygens (including phenoxy) is 2. The van der Waals surface area contributed by atoms with Gasteiger partial charge in [-0.3, -0.25) is 9.59 Å². The van der Waals surface area contributed by atoms with Crippen LogP contribution in [0.15, 0.2) is 53.4 Å². The fraction of sp³-hybridized carbons (Fsp3) is 0.417. The number of benzene rings is 2. The molecular formula is C24H29N3O6S. The monoisotopic (exact) mass is 487 g/mol. The number of amides is 2. The number of likely N-dealkylation sites (tertiary alicyclic amines) is 1. The Morgan fingerprint density at radius 3 is 2.59 bits per heavy atom. The highest BCUT2D eigenvalue weighted by Gasteiger charge is 2.35. The second-order valence-electron chi connectivity index (χ2n) is 8.26. The quantitative estimate of drug-likeness (QED) is 0.611. The third kappa shape index (κ3) is 5.40. The molecule has 0 radical (unpaired) electrons. The van der Waals surface area contributed by atoms with E-state index in [-0.39, 0.29) is 41.9 Å². The predicted molar refractivity (Wildman–Crippen MR) is 126 cm³/mol. The average molecular weight is 488 g/mol. The van der Waals surface area contributed by atoms with Gasteiger partial charge in [0.05, 0.1) is 36.3 Å². The van der Waals surface area contributed by atoms with Gasteiger partial charge in [-0.15, -0.1) is 0 Å². The number of nitrogens with one attached hydrogen (secondary N) is 1. The van der Waals surface area contributed by atoms with Crippen LogP contribution in [0.3, 0.4) is 0 Å². The molecule has 9 nitrogen and oxygen atoms in total. The van der Waals surface area contributed by atoms with E-state index in [0.717, 1.165) is 5.56 Å². The van der Waals surface area contributed by atoms with E-state index in [4.69, 9.17) is 9.47 Å². The van der Waals surface area contributed by atoms with Gasteiger partial charge in [0.15, 0.2) is 0 Å². The maximum Gasteiger partial charge on any atom is 0.243 e. The molecule has 2 aliphatic rings. The fourth-order valence-electron chi connectivity index (χ4n) is 4.12. The number of anilines is 1. The topological polar surface area (TPSA) is 105 Å². The van der Waals surface area contributed by atoms with Crippen molar-refractivity contribution in [3.05, 3.63) is 54.1 Å². The molecule has 10 heteroatoms. The Morgan fingerprint density at radius 2 is 1.88 bits per heavy atom. The van der Waals surface area contributed by atoms with Crippen molar-refractivity contribution in [2.24, 2.45) is 5.92 Å². The van der Waals surface area contributed by atoms with Gasteiger partial charge in [0.2, 0.25) is 21.8 Å². The van der Waals surface area contributed by atoms with Crippen LogP contribution in [-0.4, -0.2) is 68.9 Å². The first-order valence-corrected chi connectivity index (χ1v) is 12.8. The second kappa shape index (κ2) is 10.5. The van der Waals surface area contributed by atoms with Crippen molar-refractivity contribution in [2.45, 2.75) is 24.8 Å². The third-order valence-electron chi connectivity index (χ3n) is 5.92. The number of hydrogen-bond donors (Lipinski definition) is 1. The molecule has 1 unspecified atom stereocenters. The van der Waals surface area contributed by atoms with Gasteiger partial charge in [-0.1, -0.05) is 30.3 Å². The van der Waals surface area contributed by atoms with E-state index in [2.05, 4.69) is 5.32 Å². The van der Waals surface area contributed by atoms with Crippen molar-refractivity contribution in [1.29, 1.82) is 0 Å². The summed E-state index contributed by atoms with van der Waals surface area (Å²) in [7, 11) is -3.74. The van der Waals surface area contributed by atoms with E-state index in [0.29, 0.717) is 38.7 Å². The smallest absolute Gasteiger partial charge is 0.243 e. The van der Waals surface area contributed by atoms with Gasteiger partial charge in [-0.05, 0) is 30.7 Å². The largest absolute Gasteiger partial charge is 0.492 e. The number of nitrogens with zero attached hydrogens (tertiary/aromatic N) is 2. The highest BCUT2D eigenvalue weighted by atomic mass is 32.2. The molecule has 2 amide bonds. The van der Waals surface area contributed by atoms with Crippen LogP contribution in [0, 0.1) is 5.92 Å². The molecule has 4 rings (SSSR count). The predicted octanol–water partition coefficient (Wildman–Crippen LogP) is 2.09. The molecule has 2 saturated heterocycles. The zero-order chi connectivity index (χ0) is 24.1. The first kappa shape index (κ1) is 24.2. The lowest BCUT2D eigenvalue weighted by Crippen LogP contribution is -2.40. The molecule has 0 spiro atoms. The van der Waals surface area contributed by atoms with Gasteiger partial charge < -0.3 is 19.7 Å². The molecule has 2 aromatic rings. The fourth-order valence-corrected chi connectivity index (χ4v) is 5.56. The number of rotatable bonds is 8. The van der Waals surface area contributed by atoms with Crippen molar-refractivity contribution < 1.29 is 27.5 Å². The molecule has 0 saturated carbocycles. The van der Waals surface area contributed by atoms with Crippen molar-refractivity contribution in [2.75, 3.05) is 44.8 Å². The zero-order valence-corrected chi connectivity index (χ0v) is 19.9. The first-order chi connectivity index (χ1) is 16.4. The standard InChI is InChI=1S/C24H29N3O6S/c1-2-33-22-9-8-20(34(30,31)27-10-12-32-13-11-27)15-21(22)25-24(29)19-14-23(28)26(17-19)16-18-6-4-3-5-7-18/h3-9,15,19H,2,10-14,16-17H2,1H3,(H,25,29). The Kier molecular flexibility index (Phi) is 7.50. The van der Waals surface area contributed by atoms with Crippen LogP contribution in [0.1, 0.15) is 18.9 Å². The Balaban J connectivity index is 1.50. The minimum absolute atomic E-state index is 0.0707. The molecule has 0 aliphatic carbocycles. The molecule has 2 fully saturated rings. The number of carbonyl (C=O) groups excluding carboxylic acids is 2. The summed E-state index contributed by atoms with van der Waals surface area (Å²) in [6.45, 7) is 4.14. The highest BCUT2D eigenvalue weighted by Crippen LogP contribution is 2.31. The summed E-state index contributed by atoms with van der Waals surface area (Å²) < 4.78 is 38.4. The molecule has 34 heavy (non-hydrogen) atoms. The van der Waals surface area contributed by atoms with Crippen LogP contribution < -0.4 is 10.1 Å². The highest BCUT2D eigenvalue weighted by molar-refractivity contribution is 7.89. The summed E-state index contributed by atoms with van der Waals surface area (Å²) in [5.74, 6) is -0.587. The molecule has 2 heterocycles. The van der Waals surface area contributed by atoms with Crippen LogP contribution in [0.25, 0.3) is 0 Å². The SMILES string of the molecule is CCOc1ccc(S(=O)(=O)N2CCOCC2)cc1NC(=O)C1CC(=O)N(Cc2ccccc2)C1. The average Bonchev–Trinajstić information content (AvgIpc) is 3.21. The molecule has 1 N–H and O–H groups in total. The second-order valence-corrected chi connectivity index (χ2v) is 10.2. The summed E-state index contributed by atoms with van der Waals surface area (Å²) >= 11 is 0. The maximum atomic E-state index is 13.1. The van der Waals surface area contributed by atoms with Gasteiger partial charge in [0.1, 0.15) is 5.75 Å². The maximum absolute atomic E-state index is 13.1. The van der Waals surface area contributed by atoms with E-state index in [1.807, 2.05) is 30.3 Å². The summed E-state index contributed by atoms with van der Waals surface area (Å²) in [6, 6.07) is 14.1. The van der Waals surface area contributed by atoms with E-state index in [1.54, 1.807) is 17.9 Å². The molecule has 182 valence electrons. The Labute approximate surface area is 199 Å². The van der Waals surface area contributed by atoms with E-state index >= 15 is 0 Å². The lowest BCUT2D eigenvalue weighted by Gasteiger charge is -2.26. The lowest BCUT2D eigenvalue weighted by molar-refractivity contribution is -0.128. The molecule has 2 aliphatic heterocycles. The summed E-state index contributed by atoms with van der Waals surface area (Å²) in [5.41, 5.74) is 1.27. The van der Waals surface area contributed by atoms with Gasteiger partial charge in [0, 0.05) is 32.6 Å². The van der Waals surface area contributed by atoms with Crippen molar-refractivity contribution in [1.82, 2.24) is 9.21 Å². The van der Waals surface area contributed by atoms with E-state index in [1.165, 1.54) is 16.4 Å². The van der Waals surface area contributed by atoms with Gasteiger partial charge >= 0.3 is 0 Å². The minimum atomic E-state index is -3.74. The Bertz CT molecular complexity index is 1130. The van der Waals surface area contributed by atoms with Crippen LogP contribution in [0.2, 0.25) is 0 Å². The van der Waals surface area contributed by atoms with Crippen LogP contribution in [-0.2, 0) is 30.9 Å². The van der Waals surface area contributed by atoms with Crippen LogP contribution >= 0.6 is 0 Å². The van der Waals surface area contributed by atoms with Crippen LogP contribution in [0.4, 0.5) is 5.69 Å². The van der Waals surface area contributed by atoms with Crippen molar-refractivity contribution in [3.63, 3.8) is 0 Å². The summed E-state index contributed by atoms with van der Waals surface area (Å²) in [5, 5.41) is 2.81. The van der Waals surface area contributed by atoms with Gasteiger partial charge in [-0.25, -0.2) is 8.42 Å². The van der Waals surface area contributed by atoms with Gasteiger partial charge in [0.25, 0.3) is 0 Å². The molecule has 1 atom stereocenters. The van der Waals surface area contributed by atoms with E-state index in [9.17, 15) is 18.0 Å². The van der Waals surface area contributed by atoms with Crippen LogP contribution in [0.5, 0.6) is 5.75 Å². The molecule has 0 bridgehead atoms. The van der Waals surface area contributed by atoms with Gasteiger partial charge in [-0.2, -0.15) is 4.31 Å². The summed E-state index contributed by atoms with van der Waals surface area (Å²) in [6.07, 6.45) is 0.106. The van der Waals surface area contributed by atoms with Crippen molar-refractivity contribution >= 4 is 27.5 Å². The van der Waals surface area contributed by atoms with E-state index < -0.39 is 15.9 Å². The minimum Gasteiger partial charge on any atom is -0.492 e. The molecule has 0 aromatic heterocycles. The Morgan fingerprint density at radius 1 is 1.15 bits per heavy atom. The Hall–Kier alpha value is -2.95. The number of morpholine rings is 1. The molecular weight excluding hydrogens is 458 g/mol. The number of sulfonamides is 1. The summed E-state index contributed by atoms with van der Waals surface area (Å²) in [4.78, 5) is 27.3. The zero-order valence-electron chi connectivity index (χ0n) is 19.1.